The molecule has 0 saturated carbocycles. The number of nitro groups is 1. The minimum atomic E-state index is -0.633. The molecule has 1 aliphatic heterocycles. The summed E-state index contributed by atoms with van der Waals surface area (Å²) in [6.45, 7) is 3.65. The highest BCUT2D eigenvalue weighted by molar-refractivity contribution is 7.98. The van der Waals surface area contributed by atoms with E-state index in [1.54, 1.807) is 19.4 Å². The van der Waals surface area contributed by atoms with Crippen LogP contribution in [0.4, 0.5) is 23.1 Å². The van der Waals surface area contributed by atoms with E-state index < -0.39 is 16.6 Å². The van der Waals surface area contributed by atoms with Crippen molar-refractivity contribution in [1.29, 1.82) is 0 Å². The number of esters is 1. The number of hydrogen-bond acceptors (Lipinski definition) is 12. The topological polar surface area (TPSA) is 144 Å². The number of nitrogens with zero attached hydrogens (tertiary/aromatic N) is 7. The van der Waals surface area contributed by atoms with Gasteiger partial charge in [-0.05, 0) is 51.7 Å². The average Bonchev–Trinajstić information content (AvgIpc) is 2.83. The Hall–Kier alpha value is -3.19. The van der Waals surface area contributed by atoms with Crippen LogP contribution in [0.15, 0.2) is 23.5 Å². The van der Waals surface area contributed by atoms with Crippen LogP contribution in [0.25, 0.3) is 0 Å². The number of pyridine rings is 1. The third kappa shape index (κ3) is 6.69. The van der Waals surface area contributed by atoms with Gasteiger partial charge >= 0.3 is 11.7 Å². The SMILES string of the molecule is CCOC(=O)CN(Cc1ccc(N2CCC(N(C)C)CC2)nc1)c1nc(SC)nc(N)c1[N+](=O)[O-]. The lowest BCUT2D eigenvalue weighted by Crippen LogP contribution is -2.42. The molecule has 13 heteroatoms. The van der Waals surface area contributed by atoms with Crippen LogP contribution in [0.1, 0.15) is 25.3 Å². The first-order valence-corrected chi connectivity index (χ1v) is 12.6. The van der Waals surface area contributed by atoms with Gasteiger partial charge in [0.2, 0.25) is 11.6 Å². The Labute approximate surface area is 209 Å². The van der Waals surface area contributed by atoms with Crippen molar-refractivity contribution in [2.75, 3.05) is 62.1 Å². The summed E-state index contributed by atoms with van der Waals surface area (Å²) in [4.78, 5) is 42.4. The van der Waals surface area contributed by atoms with E-state index in [1.807, 2.05) is 12.1 Å². The van der Waals surface area contributed by atoms with Gasteiger partial charge in [0.1, 0.15) is 12.4 Å². The van der Waals surface area contributed by atoms with Crippen LogP contribution < -0.4 is 15.5 Å². The van der Waals surface area contributed by atoms with Crippen LogP contribution in [0.2, 0.25) is 0 Å². The standard InChI is InChI=1S/C22H32N8O4S/c1-5-34-18(31)14-29(21-19(30(32)33)20(23)25-22(26-21)35-4)13-15-6-7-17(24-12-15)28-10-8-16(9-11-28)27(2)3/h6-7,12,16H,5,8-11,13-14H2,1-4H3,(H2,23,25,26). The Morgan fingerprint density at radius 3 is 2.57 bits per heavy atom. The molecule has 0 aliphatic carbocycles. The van der Waals surface area contributed by atoms with Crippen LogP contribution >= 0.6 is 11.8 Å². The second kappa shape index (κ2) is 12.0. The molecule has 0 radical (unpaired) electrons. The zero-order chi connectivity index (χ0) is 25.5. The number of thioether (sulfide) groups is 1. The highest BCUT2D eigenvalue weighted by Gasteiger charge is 2.29. The van der Waals surface area contributed by atoms with Crippen molar-refractivity contribution in [2.45, 2.75) is 37.5 Å². The summed E-state index contributed by atoms with van der Waals surface area (Å²) in [6, 6.07) is 4.41. The van der Waals surface area contributed by atoms with E-state index in [0.29, 0.717) is 6.04 Å². The molecule has 1 fully saturated rings. The highest BCUT2D eigenvalue weighted by Crippen LogP contribution is 2.33. The number of carbonyl (C=O) groups excluding carboxylic acids is 1. The van der Waals surface area contributed by atoms with E-state index in [9.17, 15) is 14.9 Å². The number of ether oxygens (including phenoxy) is 1. The Kier molecular flexibility index (Phi) is 9.04. The number of carbonyl (C=O) groups is 1. The minimum Gasteiger partial charge on any atom is -0.465 e. The zero-order valence-electron chi connectivity index (χ0n) is 20.5. The molecule has 2 aromatic rings. The fraction of sp³-hybridized carbons (Fsp3) is 0.545. The molecule has 1 aliphatic rings. The molecule has 2 aromatic heterocycles. The van der Waals surface area contributed by atoms with Gasteiger partial charge in [0.15, 0.2) is 5.16 Å². The van der Waals surface area contributed by atoms with Gasteiger partial charge in [0.25, 0.3) is 0 Å². The molecule has 0 bridgehead atoms. The fourth-order valence-electron chi connectivity index (χ4n) is 4.02. The van der Waals surface area contributed by atoms with Crippen LogP contribution in [0, 0.1) is 10.1 Å². The van der Waals surface area contributed by atoms with Crippen LogP contribution in [-0.4, -0.2) is 83.4 Å². The van der Waals surface area contributed by atoms with E-state index in [0.717, 1.165) is 37.3 Å². The number of rotatable bonds is 10. The Morgan fingerprint density at radius 1 is 1.31 bits per heavy atom. The molecule has 12 nitrogen and oxygen atoms in total. The van der Waals surface area contributed by atoms with Gasteiger partial charge < -0.3 is 25.2 Å². The second-order valence-electron chi connectivity index (χ2n) is 8.39. The third-order valence-electron chi connectivity index (χ3n) is 5.86. The largest absolute Gasteiger partial charge is 0.465 e. The maximum absolute atomic E-state index is 12.3. The molecule has 0 atom stereocenters. The minimum absolute atomic E-state index is 0.0327. The fourth-order valence-corrected chi connectivity index (χ4v) is 4.39. The van der Waals surface area contributed by atoms with Gasteiger partial charge in [0, 0.05) is 31.9 Å². The number of hydrogen-bond donors (Lipinski definition) is 1. The van der Waals surface area contributed by atoms with E-state index in [2.05, 4.69) is 38.8 Å². The molecule has 0 aromatic carbocycles. The summed E-state index contributed by atoms with van der Waals surface area (Å²) >= 11 is 1.20. The molecule has 2 N–H and O–H groups in total. The third-order valence-corrected chi connectivity index (χ3v) is 6.41. The van der Waals surface area contributed by atoms with Gasteiger partial charge in [-0.1, -0.05) is 17.8 Å². The van der Waals surface area contributed by atoms with E-state index in [1.165, 1.54) is 16.7 Å². The number of nitrogens with two attached hydrogens (primary N) is 1. The van der Waals surface area contributed by atoms with Crippen molar-refractivity contribution in [1.82, 2.24) is 19.9 Å². The first kappa shape index (κ1) is 26.4. The zero-order valence-corrected chi connectivity index (χ0v) is 21.3. The van der Waals surface area contributed by atoms with Crippen LogP contribution in [-0.2, 0) is 16.1 Å². The monoisotopic (exact) mass is 504 g/mol. The lowest BCUT2D eigenvalue weighted by molar-refractivity contribution is -0.383. The molecule has 1 saturated heterocycles. The molecule has 35 heavy (non-hydrogen) atoms. The molecule has 3 rings (SSSR count). The lowest BCUT2D eigenvalue weighted by atomic mass is 10.0. The number of piperidine rings is 1. The van der Waals surface area contributed by atoms with E-state index in [4.69, 9.17) is 10.5 Å². The maximum Gasteiger partial charge on any atom is 0.353 e. The lowest BCUT2D eigenvalue weighted by Gasteiger charge is -2.35. The smallest absolute Gasteiger partial charge is 0.353 e. The predicted octanol–water partition coefficient (Wildman–Crippen LogP) is 2.18. The van der Waals surface area contributed by atoms with Crippen LogP contribution in [0.5, 0.6) is 0 Å². The van der Waals surface area contributed by atoms with Crippen molar-refractivity contribution in [3.05, 3.63) is 34.0 Å². The number of nitrogen functional groups attached to an aromatic ring is 1. The Balaban J connectivity index is 1.85. The quantitative estimate of drug-likeness (QED) is 0.166. The molecular formula is C22H32N8O4S. The van der Waals surface area contributed by atoms with Crippen LogP contribution in [0.3, 0.4) is 0 Å². The van der Waals surface area contributed by atoms with Gasteiger partial charge in [0.05, 0.1) is 11.5 Å². The first-order chi connectivity index (χ1) is 16.7. The van der Waals surface area contributed by atoms with Crippen molar-refractivity contribution < 1.29 is 14.5 Å². The summed E-state index contributed by atoms with van der Waals surface area (Å²) in [5, 5.41) is 12.0. The molecular weight excluding hydrogens is 472 g/mol. The summed E-state index contributed by atoms with van der Waals surface area (Å²) in [5.74, 6) is 0.0606. The van der Waals surface area contributed by atoms with Gasteiger partial charge in [-0.15, -0.1) is 0 Å². The summed E-state index contributed by atoms with van der Waals surface area (Å²) in [5.41, 5.74) is 6.20. The number of aromatic nitrogens is 3. The van der Waals surface area contributed by atoms with E-state index >= 15 is 0 Å². The molecule has 3 heterocycles. The van der Waals surface area contributed by atoms with Crippen molar-refractivity contribution in [3.63, 3.8) is 0 Å². The molecule has 190 valence electrons. The molecule has 0 unspecified atom stereocenters. The van der Waals surface area contributed by atoms with E-state index in [-0.39, 0.29) is 36.5 Å². The normalized spacial score (nSPS) is 14.3. The summed E-state index contributed by atoms with van der Waals surface area (Å²) in [7, 11) is 4.21. The van der Waals surface area contributed by atoms with Gasteiger partial charge in [-0.25, -0.2) is 4.98 Å². The Bertz CT molecular complexity index is 1030. The molecule has 0 spiro atoms. The highest BCUT2D eigenvalue weighted by atomic mass is 32.2. The Morgan fingerprint density at radius 2 is 2.03 bits per heavy atom. The second-order valence-corrected chi connectivity index (χ2v) is 9.17. The van der Waals surface area contributed by atoms with Crippen molar-refractivity contribution in [2.24, 2.45) is 0 Å². The number of anilines is 3. The van der Waals surface area contributed by atoms with Gasteiger partial charge in [-0.3, -0.25) is 14.9 Å². The first-order valence-electron chi connectivity index (χ1n) is 11.4. The average molecular weight is 505 g/mol. The van der Waals surface area contributed by atoms with Crippen molar-refractivity contribution >= 4 is 40.9 Å². The summed E-state index contributed by atoms with van der Waals surface area (Å²) < 4.78 is 5.09. The maximum atomic E-state index is 12.3. The predicted molar refractivity (Wildman–Crippen MR) is 136 cm³/mol. The molecule has 0 amide bonds. The van der Waals surface area contributed by atoms with Crippen molar-refractivity contribution in [3.8, 4) is 0 Å². The summed E-state index contributed by atoms with van der Waals surface area (Å²) in [6.07, 6.45) is 5.60. The van der Waals surface area contributed by atoms with Gasteiger partial charge in [-0.2, -0.15) is 9.97 Å².